The largest absolute Gasteiger partial charge is 0.493 e. The Morgan fingerprint density at radius 3 is 2.83 bits per heavy atom. The molecule has 7 nitrogen and oxygen atoms in total. The van der Waals surface area contributed by atoms with Gasteiger partial charge in [0.2, 0.25) is 0 Å². The number of piperidine rings is 1. The highest BCUT2D eigenvalue weighted by atomic mass is 16.5. The third-order valence-electron chi connectivity index (χ3n) is 5.46. The van der Waals surface area contributed by atoms with E-state index in [4.69, 9.17) is 4.74 Å². The van der Waals surface area contributed by atoms with Crippen molar-refractivity contribution in [3.63, 3.8) is 0 Å². The summed E-state index contributed by atoms with van der Waals surface area (Å²) in [6.45, 7) is 9.19. The standard InChI is InChI=1S/C22H33N5O2/c1-4-5-6-13-29-20-14-16(2)7-8-18(20)15-24-22(28)21-17(3)27(26-25-21)19-9-11-23-12-10-19/h7-8,14,19,23H,4-6,9-13,15H2,1-3H3,(H,24,28). The van der Waals surface area contributed by atoms with E-state index in [0.717, 1.165) is 67.8 Å². The summed E-state index contributed by atoms with van der Waals surface area (Å²) in [5.74, 6) is 0.650. The minimum Gasteiger partial charge on any atom is -0.493 e. The zero-order valence-corrected chi connectivity index (χ0v) is 17.8. The van der Waals surface area contributed by atoms with Gasteiger partial charge in [-0.25, -0.2) is 4.68 Å². The van der Waals surface area contributed by atoms with E-state index >= 15 is 0 Å². The van der Waals surface area contributed by atoms with Gasteiger partial charge in [0.15, 0.2) is 5.69 Å². The van der Waals surface area contributed by atoms with Crippen molar-refractivity contribution >= 4 is 5.91 Å². The maximum absolute atomic E-state index is 12.7. The molecule has 2 N–H and O–H groups in total. The van der Waals surface area contributed by atoms with Gasteiger partial charge in [-0.3, -0.25) is 4.79 Å². The molecule has 29 heavy (non-hydrogen) atoms. The molecule has 0 aliphatic carbocycles. The molecule has 0 spiro atoms. The van der Waals surface area contributed by atoms with Gasteiger partial charge in [0.1, 0.15) is 5.75 Å². The van der Waals surface area contributed by atoms with Gasteiger partial charge >= 0.3 is 0 Å². The highest BCUT2D eigenvalue weighted by Gasteiger charge is 2.23. The molecule has 7 heteroatoms. The monoisotopic (exact) mass is 399 g/mol. The highest BCUT2D eigenvalue weighted by Crippen LogP contribution is 2.22. The third kappa shape index (κ3) is 5.56. The summed E-state index contributed by atoms with van der Waals surface area (Å²) in [7, 11) is 0. The first kappa shape index (κ1) is 21.3. The van der Waals surface area contributed by atoms with Crippen LogP contribution in [0.1, 0.15) is 72.4 Å². The first-order valence-electron chi connectivity index (χ1n) is 10.7. The quantitative estimate of drug-likeness (QED) is 0.632. The van der Waals surface area contributed by atoms with Gasteiger partial charge in [-0.15, -0.1) is 5.10 Å². The topological polar surface area (TPSA) is 81.1 Å². The van der Waals surface area contributed by atoms with Gasteiger partial charge in [-0.2, -0.15) is 0 Å². The van der Waals surface area contributed by atoms with Crippen LogP contribution in [0.15, 0.2) is 18.2 Å². The molecule has 2 aromatic rings. The number of ether oxygens (including phenoxy) is 1. The van der Waals surface area contributed by atoms with Crippen LogP contribution < -0.4 is 15.4 Å². The van der Waals surface area contributed by atoms with E-state index in [1.807, 2.05) is 36.7 Å². The van der Waals surface area contributed by atoms with Gasteiger partial charge in [0.05, 0.1) is 18.3 Å². The first-order chi connectivity index (χ1) is 14.1. The molecule has 1 aromatic carbocycles. The van der Waals surface area contributed by atoms with Crippen LogP contribution >= 0.6 is 0 Å². The molecule has 2 heterocycles. The fourth-order valence-electron chi connectivity index (χ4n) is 3.68. The molecule has 0 bridgehead atoms. The Labute approximate surface area is 173 Å². The minimum atomic E-state index is -0.194. The second kappa shape index (κ2) is 10.4. The van der Waals surface area contributed by atoms with Crippen LogP contribution in [0.4, 0.5) is 0 Å². The molecule has 1 aliphatic rings. The van der Waals surface area contributed by atoms with Gasteiger partial charge in [0, 0.05) is 12.1 Å². The maximum atomic E-state index is 12.7. The Morgan fingerprint density at radius 2 is 2.07 bits per heavy atom. The molecule has 0 atom stereocenters. The van der Waals surface area contributed by atoms with Crippen molar-refractivity contribution in [1.29, 1.82) is 0 Å². The number of aryl methyl sites for hydroxylation is 1. The lowest BCUT2D eigenvalue weighted by atomic mass is 10.1. The SMILES string of the molecule is CCCCCOc1cc(C)ccc1CNC(=O)c1nnn(C2CCNCC2)c1C. The molecule has 1 aliphatic heterocycles. The number of carbonyl (C=O) groups is 1. The van der Waals surface area contributed by atoms with E-state index in [2.05, 4.69) is 27.9 Å². The van der Waals surface area contributed by atoms with Crippen molar-refractivity contribution in [2.24, 2.45) is 0 Å². The van der Waals surface area contributed by atoms with E-state index in [1.54, 1.807) is 0 Å². The van der Waals surface area contributed by atoms with Crippen molar-refractivity contribution in [2.75, 3.05) is 19.7 Å². The van der Waals surface area contributed by atoms with Crippen molar-refractivity contribution in [3.05, 3.63) is 40.7 Å². The van der Waals surface area contributed by atoms with E-state index in [9.17, 15) is 4.79 Å². The van der Waals surface area contributed by atoms with E-state index in [-0.39, 0.29) is 5.91 Å². The number of aromatic nitrogens is 3. The lowest BCUT2D eigenvalue weighted by molar-refractivity contribution is 0.0945. The lowest BCUT2D eigenvalue weighted by Crippen LogP contribution is -2.30. The fourth-order valence-corrected chi connectivity index (χ4v) is 3.68. The summed E-state index contributed by atoms with van der Waals surface area (Å²) in [5, 5.41) is 14.8. The molecule has 1 aromatic heterocycles. The van der Waals surface area contributed by atoms with E-state index in [1.165, 1.54) is 0 Å². The molecule has 1 fully saturated rings. The molecule has 158 valence electrons. The van der Waals surface area contributed by atoms with Crippen LogP contribution in [-0.2, 0) is 6.54 Å². The predicted octanol–water partition coefficient (Wildman–Crippen LogP) is 3.32. The van der Waals surface area contributed by atoms with Crippen molar-refractivity contribution < 1.29 is 9.53 Å². The average molecular weight is 400 g/mol. The predicted molar refractivity (Wildman–Crippen MR) is 113 cm³/mol. The van der Waals surface area contributed by atoms with Gasteiger partial charge in [-0.1, -0.05) is 37.1 Å². The lowest BCUT2D eigenvalue weighted by Gasteiger charge is -2.23. The van der Waals surface area contributed by atoms with Crippen LogP contribution in [0.5, 0.6) is 5.75 Å². The fraction of sp³-hybridized carbons (Fsp3) is 0.591. The summed E-state index contributed by atoms with van der Waals surface area (Å²) >= 11 is 0. The molecule has 0 unspecified atom stereocenters. The molecule has 1 saturated heterocycles. The van der Waals surface area contributed by atoms with Crippen LogP contribution in [0, 0.1) is 13.8 Å². The number of hydrogen-bond acceptors (Lipinski definition) is 5. The Bertz CT molecular complexity index is 812. The highest BCUT2D eigenvalue weighted by molar-refractivity contribution is 5.93. The van der Waals surface area contributed by atoms with Crippen molar-refractivity contribution in [1.82, 2.24) is 25.6 Å². The first-order valence-corrected chi connectivity index (χ1v) is 10.7. The molecule has 1 amide bonds. The maximum Gasteiger partial charge on any atom is 0.274 e. The molecule has 0 saturated carbocycles. The summed E-state index contributed by atoms with van der Waals surface area (Å²) in [6.07, 6.45) is 5.37. The second-order valence-corrected chi connectivity index (χ2v) is 7.80. The number of benzene rings is 1. The zero-order valence-electron chi connectivity index (χ0n) is 17.8. The number of rotatable bonds is 9. The molecule has 3 rings (SSSR count). The number of nitrogens with one attached hydrogen (secondary N) is 2. The average Bonchev–Trinajstić information content (AvgIpc) is 3.12. The van der Waals surface area contributed by atoms with Crippen LogP contribution in [0.25, 0.3) is 0 Å². The number of amides is 1. The Kier molecular flexibility index (Phi) is 7.63. The van der Waals surface area contributed by atoms with Gasteiger partial charge in [0.25, 0.3) is 5.91 Å². The van der Waals surface area contributed by atoms with Crippen LogP contribution in [-0.4, -0.2) is 40.6 Å². The number of carbonyl (C=O) groups excluding carboxylic acids is 1. The smallest absolute Gasteiger partial charge is 0.274 e. The summed E-state index contributed by atoms with van der Waals surface area (Å²) in [6, 6.07) is 6.40. The van der Waals surface area contributed by atoms with Crippen molar-refractivity contribution in [2.45, 2.75) is 65.5 Å². The number of unbranched alkanes of at least 4 members (excludes halogenated alkanes) is 2. The summed E-state index contributed by atoms with van der Waals surface area (Å²) in [5.41, 5.74) is 3.35. The Hall–Kier alpha value is -2.41. The molecular formula is C22H33N5O2. The Morgan fingerprint density at radius 1 is 1.28 bits per heavy atom. The molecule has 0 radical (unpaired) electrons. The number of nitrogens with zero attached hydrogens (tertiary/aromatic N) is 3. The van der Waals surface area contributed by atoms with Crippen molar-refractivity contribution in [3.8, 4) is 5.75 Å². The molecular weight excluding hydrogens is 366 g/mol. The van der Waals surface area contributed by atoms with Gasteiger partial charge < -0.3 is 15.4 Å². The summed E-state index contributed by atoms with van der Waals surface area (Å²) in [4.78, 5) is 12.7. The van der Waals surface area contributed by atoms with Gasteiger partial charge in [-0.05, 0) is 57.8 Å². The third-order valence-corrected chi connectivity index (χ3v) is 5.46. The van der Waals surface area contributed by atoms with Crippen LogP contribution in [0.2, 0.25) is 0 Å². The van der Waals surface area contributed by atoms with E-state index < -0.39 is 0 Å². The minimum absolute atomic E-state index is 0.194. The summed E-state index contributed by atoms with van der Waals surface area (Å²) < 4.78 is 7.88. The second-order valence-electron chi connectivity index (χ2n) is 7.80. The van der Waals surface area contributed by atoms with E-state index in [0.29, 0.717) is 24.9 Å². The Balaban J connectivity index is 1.62. The van der Waals surface area contributed by atoms with Crippen LogP contribution in [0.3, 0.4) is 0 Å². The zero-order chi connectivity index (χ0) is 20.6. The normalized spacial score (nSPS) is 14.7. The number of hydrogen-bond donors (Lipinski definition) is 2.